The largest absolute Gasteiger partial charge is 0.467 e. The van der Waals surface area contributed by atoms with E-state index in [1.54, 1.807) is 14.0 Å². The van der Waals surface area contributed by atoms with Crippen LogP contribution in [0, 0.1) is 6.92 Å². The first kappa shape index (κ1) is 16.4. The summed E-state index contributed by atoms with van der Waals surface area (Å²) in [5, 5.41) is 3.91. The number of rotatable bonds is 5. The van der Waals surface area contributed by atoms with Gasteiger partial charge in [-0.15, -0.1) is 0 Å². The molecule has 3 rings (SSSR count). The van der Waals surface area contributed by atoms with Gasteiger partial charge in [0, 0.05) is 27.1 Å². The quantitative estimate of drug-likeness (QED) is 0.808. The number of hydrogen-bond acceptors (Lipinski definition) is 9. The van der Waals surface area contributed by atoms with E-state index in [1.807, 2.05) is 11.9 Å². The standard InChI is InChI=1S/C15H23N7O2/c1-11-16-12(20-24-11)10-21(2)13-17-14(19-15(18-13)23-3)22-8-6-4-5-7-9-22/h4-10H2,1-3H3. The molecule has 3 heterocycles. The highest BCUT2D eigenvalue weighted by Gasteiger charge is 2.18. The molecule has 0 spiro atoms. The Morgan fingerprint density at radius 3 is 2.46 bits per heavy atom. The van der Waals surface area contributed by atoms with Crippen LogP contribution in [0.5, 0.6) is 6.01 Å². The average molecular weight is 333 g/mol. The number of nitrogens with zero attached hydrogens (tertiary/aromatic N) is 7. The van der Waals surface area contributed by atoms with Gasteiger partial charge in [0.1, 0.15) is 0 Å². The van der Waals surface area contributed by atoms with E-state index < -0.39 is 0 Å². The monoisotopic (exact) mass is 333 g/mol. The van der Waals surface area contributed by atoms with Crippen LogP contribution >= 0.6 is 0 Å². The summed E-state index contributed by atoms with van der Waals surface area (Å²) in [6, 6.07) is 0.315. The SMILES string of the molecule is COc1nc(N(C)Cc2noc(C)n2)nc(N2CCCCCC2)n1. The van der Waals surface area contributed by atoms with Crippen molar-refractivity contribution in [2.45, 2.75) is 39.2 Å². The van der Waals surface area contributed by atoms with E-state index in [0.717, 1.165) is 25.9 Å². The molecule has 1 aliphatic heterocycles. The molecule has 1 aliphatic rings. The zero-order chi connectivity index (χ0) is 16.9. The summed E-state index contributed by atoms with van der Waals surface area (Å²) in [6.07, 6.45) is 4.81. The predicted molar refractivity (Wildman–Crippen MR) is 88.2 cm³/mol. The maximum atomic E-state index is 5.26. The van der Waals surface area contributed by atoms with E-state index in [4.69, 9.17) is 9.26 Å². The first-order chi connectivity index (χ1) is 11.7. The van der Waals surface area contributed by atoms with Crippen LogP contribution in [0.1, 0.15) is 37.4 Å². The lowest BCUT2D eigenvalue weighted by Gasteiger charge is -2.22. The molecule has 2 aromatic heterocycles. The smallest absolute Gasteiger partial charge is 0.322 e. The second-order valence-corrected chi connectivity index (χ2v) is 5.91. The molecule has 9 heteroatoms. The Kier molecular flexibility index (Phi) is 5.07. The van der Waals surface area contributed by atoms with Crippen molar-refractivity contribution in [1.82, 2.24) is 25.1 Å². The molecule has 0 radical (unpaired) electrons. The predicted octanol–water partition coefficient (Wildman–Crippen LogP) is 1.59. The molecule has 1 saturated heterocycles. The molecule has 0 unspecified atom stereocenters. The van der Waals surface area contributed by atoms with Gasteiger partial charge in [0.2, 0.25) is 17.8 Å². The summed E-state index contributed by atoms with van der Waals surface area (Å²) in [6.45, 7) is 4.13. The van der Waals surface area contributed by atoms with Gasteiger partial charge >= 0.3 is 6.01 Å². The zero-order valence-corrected chi connectivity index (χ0v) is 14.4. The Balaban J connectivity index is 1.82. The van der Waals surface area contributed by atoms with Crippen molar-refractivity contribution in [3.8, 4) is 6.01 Å². The highest BCUT2D eigenvalue weighted by molar-refractivity contribution is 5.40. The number of ether oxygens (including phenoxy) is 1. The fourth-order valence-electron chi connectivity index (χ4n) is 2.70. The van der Waals surface area contributed by atoms with Crippen LogP contribution in [0.3, 0.4) is 0 Å². The van der Waals surface area contributed by atoms with Crippen LogP contribution in [-0.2, 0) is 6.54 Å². The second kappa shape index (κ2) is 7.41. The van der Waals surface area contributed by atoms with E-state index in [0.29, 0.717) is 36.2 Å². The zero-order valence-electron chi connectivity index (χ0n) is 14.4. The minimum absolute atomic E-state index is 0.315. The summed E-state index contributed by atoms with van der Waals surface area (Å²) in [7, 11) is 3.44. The fraction of sp³-hybridized carbons (Fsp3) is 0.667. The highest BCUT2D eigenvalue weighted by Crippen LogP contribution is 2.21. The van der Waals surface area contributed by atoms with Crippen molar-refractivity contribution in [2.24, 2.45) is 0 Å². The van der Waals surface area contributed by atoms with Crippen LogP contribution in [0.4, 0.5) is 11.9 Å². The molecule has 24 heavy (non-hydrogen) atoms. The number of aromatic nitrogens is 5. The molecular weight excluding hydrogens is 310 g/mol. The Labute approximate surface area is 141 Å². The molecule has 0 saturated carbocycles. The van der Waals surface area contributed by atoms with Gasteiger partial charge in [0.25, 0.3) is 0 Å². The normalized spacial score (nSPS) is 15.2. The third-order valence-corrected chi connectivity index (χ3v) is 3.95. The number of methoxy groups -OCH3 is 1. The molecule has 0 amide bonds. The van der Waals surface area contributed by atoms with Gasteiger partial charge in [-0.2, -0.15) is 19.9 Å². The molecule has 9 nitrogen and oxygen atoms in total. The average Bonchev–Trinajstić information content (AvgIpc) is 2.84. The van der Waals surface area contributed by atoms with Crippen molar-refractivity contribution >= 4 is 11.9 Å². The lowest BCUT2D eigenvalue weighted by atomic mass is 10.2. The molecule has 1 fully saturated rings. The minimum atomic E-state index is 0.315. The summed E-state index contributed by atoms with van der Waals surface area (Å²) < 4.78 is 10.3. The van der Waals surface area contributed by atoms with Crippen molar-refractivity contribution < 1.29 is 9.26 Å². The Bertz CT molecular complexity index is 668. The highest BCUT2D eigenvalue weighted by atomic mass is 16.5. The summed E-state index contributed by atoms with van der Waals surface area (Å²) in [5.41, 5.74) is 0. The molecule has 0 bridgehead atoms. The maximum absolute atomic E-state index is 5.26. The third-order valence-electron chi connectivity index (χ3n) is 3.95. The lowest BCUT2D eigenvalue weighted by molar-refractivity contribution is 0.377. The van der Waals surface area contributed by atoms with Gasteiger partial charge in [-0.25, -0.2) is 0 Å². The number of aryl methyl sites for hydroxylation is 1. The van der Waals surface area contributed by atoms with Gasteiger partial charge in [0.05, 0.1) is 13.7 Å². The van der Waals surface area contributed by atoms with Gasteiger partial charge in [-0.05, 0) is 12.8 Å². The number of anilines is 2. The second-order valence-electron chi connectivity index (χ2n) is 5.91. The molecular formula is C15H23N7O2. The molecule has 0 N–H and O–H groups in total. The van der Waals surface area contributed by atoms with E-state index in [9.17, 15) is 0 Å². The van der Waals surface area contributed by atoms with Crippen LogP contribution < -0.4 is 14.5 Å². The first-order valence-electron chi connectivity index (χ1n) is 8.21. The molecule has 0 aromatic carbocycles. The van der Waals surface area contributed by atoms with Gasteiger partial charge in [0.15, 0.2) is 5.82 Å². The fourth-order valence-corrected chi connectivity index (χ4v) is 2.70. The molecule has 0 atom stereocenters. The van der Waals surface area contributed by atoms with Crippen molar-refractivity contribution in [1.29, 1.82) is 0 Å². The van der Waals surface area contributed by atoms with Crippen LogP contribution in [-0.4, -0.2) is 52.3 Å². The van der Waals surface area contributed by atoms with E-state index in [-0.39, 0.29) is 0 Å². The van der Waals surface area contributed by atoms with Crippen molar-refractivity contribution in [2.75, 3.05) is 37.0 Å². The Morgan fingerprint density at radius 2 is 1.83 bits per heavy atom. The van der Waals surface area contributed by atoms with E-state index in [1.165, 1.54) is 12.8 Å². The van der Waals surface area contributed by atoms with E-state index in [2.05, 4.69) is 30.0 Å². The summed E-state index contributed by atoms with van der Waals surface area (Å²) >= 11 is 0. The summed E-state index contributed by atoms with van der Waals surface area (Å²) in [5.74, 6) is 2.32. The molecule has 2 aromatic rings. The van der Waals surface area contributed by atoms with Crippen molar-refractivity contribution in [3.63, 3.8) is 0 Å². The first-order valence-corrected chi connectivity index (χ1v) is 8.21. The van der Waals surface area contributed by atoms with Crippen LogP contribution in [0.15, 0.2) is 4.52 Å². The Morgan fingerprint density at radius 1 is 1.08 bits per heavy atom. The maximum Gasteiger partial charge on any atom is 0.322 e. The van der Waals surface area contributed by atoms with Gasteiger partial charge in [-0.3, -0.25) is 0 Å². The van der Waals surface area contributed by atoms with Gasteiger partial charge in [-0.1, -0.05) is 18.0 Å². The van der Waals surface area contributed by atoms with Gasteiger partial charge < -0.3 is 19.1 Å². The van der Waals surface area contributed by atoms with Crippen LogP contribution in [0.2, 0.25) is 0 Å². The minimum Gasteiger partial charge on any atom is -0.467 e. The Hall–Kier alpha value is -2.45. The number of hydrogen-bond donors (Lipinski definition) is 0. The topological polar surface area (TPSA) is 93.3 Å². The lowest BCUT2D eigenvalue weighted by Crippen LogP contribution is -2.28. The third kappa shape index (κ3) is 3.90. The van der Waals surface area contributed by atoms with E-state index >= 15 is 0 Å². The molecule has 130 valence electrons. The summed E-state index contributed by atoms with van der Waals surface area (Å²) in [4.78, 5) is 21.6. The van der Waals surface area contributed by atoms with Crippen LogP contribution in [0.25, 0.3) is 0 Å². The van der Waals surface area contributed by atoms with Crippen molar-refractivity contribution in [3.05, 3.63) is 11.7 Å². The molecule has 0 aliphatic carbocycles.